The van der Waals surface area contributed by atoms with Crippen molar-refractivity contribution >= 4 is 23.2 Å². The number of likely N-dealkylation sites (N-methyl/N-ethyl adjacent to an activating group) is 1. The molecule has 1 unspecified atom stereocenters. The van der Waals surface area contributed by atoms with E-state index in [4.69, 9.17) is 18.0 Å². The molecule has 0 aromatic rings. The number of carbonyl (C=O) groups is 1. The molecule has 76 valence electrons. The summed E-state index contributed by atoms with van der Waals surface area (Å²) in [7, 11) is 3.43. The van der Waals surface area contributed by atoms with Crippen LogP contribution in [0.5, 0.6) is 0 Å². The highest BCUT2D eigenvalue weighted by atomic mass is 32.1. The molecule has 4 nitrogen and oxygen atoms in total. The van der Waals surface area contributed by atoms with E-state index in [1.165, 1.54) is 4.90 Å². The van der Waals surface area contributed by atoms with Crippen molar-refractivity contribution in [2.45, 2.75) is 19.9 Å². The zero-order chi connectivity index (χ0) is 10.6. The SMILES string of the molecule is CCN(C)C(=O)N(C)C(C)C(N)=S. The molecule has 0 saturated heterocycles. The number of hydrogen-bond donors (Lipinski definition) is 1. The van der Waals surface area contributed by atoms with E-state index in [2.05, 4.69) is 0 Å². The van der Waals surface area contributed by atoms with Gasteiger partial charge in [0.05, 0.1) is 11.0 Å². The van der Waals surface area contributed by atoms with Crippen molar-refractivity contribution < 1.29 is 4.79 Å². The van der Waals surface area contributed by atoms with Crippen molar-refractivity contribution in [2.24, 2.45) is 5.73 Å². The van der Waals surface area contributed by atoms with Crippen molar-refractivity contribution in [3.8, 4) is 0 Å². The summed E-state index contributed by atoms with van der Waals surface area (Å²) in [6.45, 7) is 4.40. The Labute approximate surface area is 84.7 Å². The fourth-order valence-electron chi connectivity index (χ4n) is 0.761. The number of urea groups is 1. The van der Waals surface area contributed by atoms with Gasteiger partial charge < -0.3 is 15.5 Å². The molecule has 0 aliphatic carbocycles. The van der Waals surface area contributed by atoms with Gasteiger partial charge in [-0.15, -0.1) is 0 Å². The molecule has 0 aliphatic heterocycles. The first-order chi connectivity index (χ1) is 5.91. The molecule has 0 radical (unpaired) electrons. The summed E-state index contributed by atoms with van der Waals surface area (Å²) in [5, 5.41) is 0. The molecule has 0 fully saturated rings. The molecular weight excluding hydrogens is 186 g/mol. The fraction of sp³-hybridized carbons (Fsp3) is 0.750. The van der Waals surface area contributed by atoms with E-state index in [-0.39, 0.29) is 12.1 Å². The van der Waals surface area contributed by atoms with E-state index in [1.807, 2.05) is 13.8 Å². The lowest BCUT2D eigenvalue weighted by atomic mass is 10.3. The van der Waals surface area contributed by atoms with Gasteiger partial charge in [0, 0.05) is 20.6 Å². The number of nitrogens with two attached hydrogens (primary N) is 1. The number of hydrogen-bond acceptors (Lipinski definition) is 2. The summed E-state index contributed by atoms with van der Waals surface area (Å²) in [6.07, 6.45) is 0. The maximum Gasteiger partial charge on any atom is 0.320 e. The predicted molar refractivity (Wildman–Crippen MR) is 57.7 cm³/mol. The predicted octanol–water partition coefficient (Wildman–Crippen LogP) is 0.664. The van der Waals surface area contributed by atoms with Crippen molar-refractivity contribution in [3.63, 3.8) is 0 Å². The average molecular weight is 203 g/mol. The van der Waals surface area contributed by atoms with Gasteiger partial charge in [0.15, 0.2) is 0 Å². The van der Waals surface area contributed by atoms with Crippen LogP contribution in [0.3, 0.4) is 0 Å². The minimum Gasteiger partial charge on any atom is -0.392 e. The van der Waals surface area contributed by atoms with Crippen LogP contribution in [-0.4, -0.2) is 47.5 Å². The molecule has 2 amide bonds. The van der Waals surface area contributed by atoms with Crippen LogP contribution in [0.15, 0.2) is 0 Å². The standard InChI is InChI=1S/C8H17N3OS/c1-5-10(3)8(12)11(4)6(2)7(9)13/h6H,5H2,1-4H3,(H2,9,13). The monoisotopic (exact) mass is 203 g/mol. The molecule has 0 aromatic heterocycles. The van der Waals surface area contributed by atoms with Gasteiger partial charge in [-0.25, -0.2) is 4.79 Å². The van der Waals surface area contributed by atoms with Crippen molar-refractivity contribution in [3.05, 3.63) is 0 Å². The maximum atomic E-state index is 11.6. The van der Waals surface area contributed by atoms with E-state index in [0.29, 0.717) is 11.5 Å². The molecule has 0 spiro atoms. The lowest BCUT2D eigenvalue weighted by Crippen LogP contribution is -2.47. The van der Waals surface area contributed by atoms with Gasteiger partial charge in [0.1, 0.15) is 0 Å². The Morgan fingerprint density at radius 2 is 2.00 bits per heavy atom. The Hall–Kier alpha value is -0.840. The summed E-state index contributed by atoms with van der Waals surface area (Å²) >= 11 is 4.80. The van der Waals surface area contributed by atoms with E-state index >= 15 is 0 Å². The maximum absolute atomic E-state index is 11.6. The highest BCUT2D eigenvalue weighted by Crippen LogP contribution is 2.00. The van der Waals surface area contributed by atoms with Gasteiger partial charge >= 0.3 is 6.03 Å². The average Bonchev–Trinajstić information content (AvgIpc) is 2.12. The van der Waals surface area contributed by atoms with Gasteiger partial charge in [-0.2, -0.15) is 0 Å². The van der Waals surface area contributed by atoms with Crippen LogP contribution < -0.4 is 5.73 Å². The zero-order valence-electron chi connectivity index (χ0n) is 8.57. The van der Waals surface area contributed by atoms with Crippen molar-refractivity contribution in [1.82, 2.24) is 9.80 Å². The highest BCUT2D eigenvalue weighted by Gasteiger charge is 2.19. The van der Waals surface area contributed by atoms with Crippen molar-refractivity contribution in [1.29, 1.82) is 0 Å². The third-order valence-electron chi connectivity index (χ3n) is 2.10. The first kappa shape index (κ1) is 12.2. The first-order valence-electron chi connectivity index (χ1n) is 4.19. The smallest absolute Gasteiger partial charge is 0.320 e. The Morgan fingerprint density at radius 1 is 1.54 bits per heavy atom. The minimum atomic E-state index is -0.198. The summed E-state index contributed by atoms with van der Waals surface area (Å²) in [6, 6.07) is -0.265. The Balaban J connectivity index is 4.33. The van der Waals surface area contributed by atoms with Crippen LogP contribution in [0, 0.1) is 0 Å². The van der Waals surface area contributed by atoms with E-state index < -0.39 is 0 Å². The second-order valence-electron chi connectivity index (χ2n) is 2.99. The number of rotatable bonds is 3. The molecule has 0 heterocycles. The van der Waals surface area contributed by atoms with Crippen molar-refractivity contribution in [2.75, 3.05) is 20.6 Å². The van der Waals surface area contributed by atoms with Crippen LogP contribution in [0.4, 0.5) is 4.79 Å². The molecule has 0 bridgehead atoms. The van der Waals surface area contributed by atoms with Crippen LogP contribution in [0.2, 0.25) is 0 Å². The molecular formula is C8H17N3OS. The number of carbonyl (C=O) groups excluding carboxylic acids is 1. The summed E-state index contributed by atoms with van der Waals surface area (Å²) < 4.78 is 0. The quantitative estimate of drug-likeness (QED) is 0.686. The van der Waals surface area contributed by atoms with E-state index in [9.17, 15) is 4.79 Å². The number of amides is 2. The zero-order valence-corrected chi connectivity index (χ0v) is 9.39. The van der Waals surface area contributed by atoms with Crippen LogP contribution in [0.25, 0.3) is 0 Å². The van der Waals surface area contributed by atoms with Crippen LogP contribution in [-0.2, 0) is 0 Å². The molecule has 5 heteroatoms. The molecule has 0 saturated carbocycles. The lowest BCUT2D eigenvalue weighted by molar-refractivity contribution is 0.171. The van der Waals surface area contributed by atoms with Gasteiger partial charge in [-0.3, -0.25) is 0 Å². The first-order valence-corrected chi connectivity index (χ1v) is 4.59. The minimum absolute atomic E-state index is 0.0669. The third-order valence-corrected chi connectivity index (χ3v) is 2.44. The third kappa shape index (κ3) is 3.18. The molecule has 0 rings (SSSR count). The second kappa shape index (κ2) is 5.01. The molecule has 2 N–H and O–H groups in total. The van der Waals surface area contributed by atoms with E-state index in [0.717, 1.165) is 0 Å². The Bertz CT molecular complexity index is 208. The second-order valence-corrected chi connectivity index (χ2v) is 3.46. The van der Waals surface area contributed by atoms with Gasteiger partial charge in [0.2, 0.25) is 0 Å². The highest BCUT2D eigenvalue weighted by molar-refractivity contribution is 7.80. The van der Waals surface area contributed by atoms with Crippen LogP contribution >= 0.6 is 12.2 Å². The topological polar surface area (TPSA) is 49.6 Å². The molecule has 0 aromatic carbocycles. The normalized spacial score (nSPS) is 12.0. The van der Waals surface area contributed by atoms with Gasteiger partial charge in [0.25, 0.3) is 0 Å². The lowest BCUT2D eigenvalue weighted by Gasteiger charge is -2.28. The van der Waals surface area contributed by atoms with E-state index in [1.54, 1.807) is 19.0 Å². The molecule has 1 atom stereocenters. The Kier molecular flexibility index (Phi) is 4.69. The summed E-state index contributed by atoms with van der Waals surface area (Å²) in [4.78, 5) is 15.0. The van der Waals surface area contributed by atoms with Crippen LogP contribution in [0.1, 0.15) is 13.8 Å². The summed E-state index contributed by atoms with van der Waals surface area (Å²) in [5.41, 5.74) is 5.44. The Morgan fingerprint density at radius 3 is 2.31 bits per heavy atom. The largest absolute Gasteiger partial charge is 0.392 e. The number of nitrogens with zero attached hydrogens (tertiary/aromatic N) is 2. The summed E-state index contributed by atoms with van der Waals surface area (Å²) in [5.74, 6) is 0. The molecule has 0 aliphatic rings. The molecule has 13 heavy (non-hydrogen) atoms. The fourth-order valence-corrected chi connectivity index (χ4v) is 0.919. The number of thiocarbonyl (C=S) groups is 1. The van der Waals surface area contributed by atoms with Gasteiger partial charge in [-0.1, -0.05) is 12.2 Å². The van der Waals surface area contributed by atoms with Gasteiger partial charge in [-0.05, 0) is 13.8 Å².